The van der Waals surface area contributed by atoms with E-state index in [2.05, 4.69) is 20.3 Å². The van der Waals surface area contributed by atoms with Gasteiger partial charge in [0, 0.05) is 12.1 Å². The van der Waals surface area contributed by atoms with Crippen molar-refractivity contribution in [2.45, 2.75) is 25.4 Å². The van der Waals surface area contributed by atoms with Gasteiger partial charge in [-0.15, -0.1) is 0 Å². The molecule has 0 aliphatic heterocycles. The minimum Gasteiger partial charge on any atom is -0.508 e. The summed E-state index contributed by atoms with van der Waals surface area (Å²) in [5.74, 6) is 1.13. The molecule has 0 aliphatic carbocycles. The molecule has 0 radical (unpaired) electrons. The SMILES string of the molecule is CCOc1ccc2nc(NC(=O)CSc3nc(Cc4ccc(O)cc4)c(C)[nH]3)sc2c1. The highest BCUT2D eigenvalue weighted by atomic mass is 32.2. The molecule has 0 bridgehead atoms. The van der Waals surface area contributed by atoms with Gasteiger partial charge < -0.3 is 20.1 Å². The van der Waals surface area contributed by atoms with Gasteiger partial charge in [-0.2, -0.15) is 0 Å². The van der Waals surface area contributed by atoms with E-state index in [-0.39, 0.29) is 17.4 Å². The second-order valence-electron chi connectivity index (χ2n) is 6.88. The Kier molecular flexibility index (Phi) is 6.43. The monoisotopic (exact) mass is 454 g/mol. The Morgan fingerprint density at radius 3 is 2.81 bits per heavy atom. The van der Waals surface area contributed by atoms with Gasteiger partial charge in [-0.05, 0) is 49.7 Å². The van der Waals surface area contributed by atoms with Crippen molar-refractivity contribution >= 4 is 44.4 Å². The van der Waals surface area contributed by atoms with E-state index < -0.39 is 0 Å². The fourth-order valence-electron chi connectivity index (χ4n) is 3.02. The number of phenols is 1. The normalized spacial score (nSPS) is 11.0. The van der Waals surface area contributed by atoms with Gasteiger partial charge in [0.15, 0.2) is 10.3 Å². The van der Waals surface area contributed by atoms with Crippen LogP contribution in [0.2, 0.25) is 0 Å². The highest BCUT2D eigenvalue weighted by molar-refractivity contribution is 7.99. The molecule has 0 atom stereocenters. The van der Waals surface area contributed by atoms with Crippen LogP contribution in [0.25, 0.3) is 10.2 Å². The number of aromatic amines is 1. The number of rotatable bonds is 8. The number of thiazole rings is 1. The molecule has 0 spiro atoms. The smallest absolute Gasteiger partial charge is 0.236 e. The number of hydrogen-bond acceptors (Lipinski definition) is 7. The number of ether oxygens (including phenoxy) is 1. The van der Waals surface area contributed by atoms with Crippen LogP contribution in [0.5, 0.6) is 11.5 Å². The Hall–Kier alpha value is -3.04. The molecule has 0 unspecified atom stereocenters. The number of fused-ring (bicyclic) bond motifs is 1. The third kappa shape index (κ3) is 5.36. The predicted molar refractivity (Wildman–Crippen MR) is 124 cm³/mol. The molecule has 2 aromatic carbocycles. The first-order chi connectivity index (χ1) is 15.0. The van der Waals surface area contributed by atoms with Crippen LogP contribution < -0.4 is 10.1 Å². The zero-order chi connectivity index (χ0) is 21.8. The minimum atomic E-state index is -0.136. The molecule has 0 aliphatic rings. The predicted octanol–water partition coefficient (Wildman–Crippen LogP) is 4.75. The van der Waals surface area contributed by atoms with Crippen LogP contribution in [0.3, 0.4) is 0 Å². The van der Waals surface area contributed by atoms with E-state index in [1.54, 1.807) is 12.1 Å². The number of hydrogen-bond donors (Lipinski definition) is 3. The number of carbonyl (C=O) groups is 1. The van der Waals surface area contributed by atoms with Crippen molar-refractivity contribution in [3.8, 4) is 11.5 Å². The van der Waals surface area contributed by atoms with Crippen molar-refractivity contribution in [3.63, 3.8) is 0 Å². The zero-order valence-corrected chi connectivity index (χ0v) is 18.8. The molecule has 1 amide bonds. The maximum absolute atomic E-state index is 12.4. The maximum atomic E-state index is 12.4. The number of aryl methyl sites for hydroxylation is 1. The number of nitrogens with zero attached hydrogens (tertiary/aromatic N) is 2. The zero-order valence-electron chi connectivity index (χ0n) is 17.1. The van der Waals surface area contributed by atoms with Crippen LogP contribution in [0.1, 0.15) is 23.9 Å². The quantitative estimate of drug-likeness (QED) is 0.332. The van der Waals surface area contributed by atoms with Gasteiger partial charge in [-0.3, -0.25) is 4.79 Å². The molecule has 9 heteroatoms. The molecule has 7 nitrogen and oxygen atoms in total. The minimum absolute atomic E-state index is 0.136. The number of carbonyl (C=O) groups excluding carboxylic acids is 1. The number of aromatic nitrogens is 3. The summed E-state index contributed by atoms with van der Waals surface area (Å²) >= 11 is 2.77. The topological polar surface area (TPSA) is 100 Å². The second kappa shape index (κ2) is 9.40. The highest BCUT2D eigenvalue weighted by Crippen LogP contribution is 2.29. The van der Waals surface area contributed by atoms with E-state index in [4.69, 9.17) is 4.74 Å². The second-order valence-corrected chi connectivity index (χ2v) is 8.87. The number of imidazole rings is 1. The molecule has 160 valence electrons. The molecule has 4 aromatic rings. The molecule has 0 saturated carbocycles. The van der Waals surface area contributed by atoms with E-state index in [9.17, 15) is 9.90 Å². The number of H-pyrrole nitrogens is 1. The molecule has 0 fully saturated rings. The van der Waals surface area contributed by atoms with E-state index >= 15 is 0 Å². The van der Waals surface area contributed by atoms with Gasteiger partial charge in [0.2, 0.25) is 5.91 Å². The first-order valence-corrected chi connectivity index (χ1v) is 11.6. The lowest BCUT2D eigenvalue weighted by Crippen LogP contribution is -2.13. The molecule has 3 N–H and O–H groups in total. The Bertz CT molecular complexity index is 1200. The van der Waals surface area contributed by atoms with Crippen LogP contribution >= 0.6 is 23.1 Å². The van der Waals surface area contributed by atoms with Gasteiger partial charge in [0.1, 0.15) is 11.5 Å². The number of anilines is 1. The summed E-state index contributed by atoms with van der Waals surface area (Å²) in [6.07, 6.45) is 0.658. The van der Waals surface area contributed by atoms with Crippen molar-refractivity contribution in [1.29, 1.82) is 0 Å². The molecule has 0 saturated heterocycles. The van der Waals surface area contributed by atoms with Gasteiger partial charge in [0.25, 0.3) is 0 Å². The summed E-state index contributed by atoms with van der Waals surface area (Å²) in [4.78, 5) is 24.7. The Morgan fingerprint density at radius 1 is 1.23 bits per heavy atom. The van der Waals surface area contributed by atoms with E-state index in [1.165, 1.54) is 23.1 Å². The fraction of sp³-hybridized carbons (Fsp3) is 0.227. The van der Waals surface area contributed by atoms with Gasteiger partial charge >= 0.3 is 0 Å². The van der Waals surface area contributed by atoms with Gasteiger partial charge in [-0.25, -0.2) is 9.97 Å². The first kappa shape index (κ1) is 21.2. The highest BCUT2D eigenvalue weighted by Gasteiger charge is 2.12. The summed E-state index contributed by atoms with van der Waals surface area (Å²) in [5.41, 5.74) is 3.78. The molecule has 4 rings (SSSR count). The number of amides is 1. The van der Waals surface area contributed by atoms with E-state index in [0.717, 1.165) is 32.9 Å². The van der Waals surface area contributed by atoms with Crippen LogP contribution in [-0.4, -0.2) is 38.3 Å². The Balaban J connectivity index is 1.34. The van der Waals surface area contributed by atoms with Crippen LogP contribution in [0.4, 0.5) is 5.13 Å². The van der Waals surface area contributed by atoms with Crippen LogP contribution in [-0.2, 0) is 11.2 Å². The van der Waals surface area contributed by atoms with Gasteiger partial charge in [-0.1, -0.05) is 35.2 Å². The maximum Gasteiger partial charge on any atom is 0.236 e. The lowest BCUT2D eigenvalue weighted by Gasteiger charge is -2.00. The summed E-state index contributed by atoms with van der Waals surface area (Å²) in [5, 5.41) is 13.5. The third-order valence-corrected chi connectivity index (χ3v) is 6.34. The van der Waals surface area contributed by atoms with Crippen molar-refractivity contribution in [2.75, 3.05) is 17.7 Å². The summed E-state index contributed by atoms with van der Waals surface area (Å²) < 4.78 is 6.48. The van der Waals surface area contributed by atoms with Crippen LogP contribution in [0.15, 0.2) is 47.6 Å². The van der Waals surface area contributed by atoms with Crippen molar-refractivity contribution < 1.29 is 14.6 Å². The molecule has 2 aromatic heterocycles. The number of aromatic hydroxyl groups is 1. The molecule has 2 heterocycles. The van der Waals surface area contributed by atoms with E-state index in [0.29, 0.717) is 23.3 Å². The van der Waals surface area contributed by atoms with Crippen molar-refractivity contribution in [1.82, 2.24) is 15.0 Å². The third-order valence-electron chi connectivity index (χ3n) is 4.53. The van der Waals surface area contributed by atoms with Gasteiger partial charge in [0.05, 0.1) is 28.3 Å². The molecule has 31 heavy (non-hydrogen) atoms. The summed E-state index contributed by atoms with van der Waals surface area (Å²) in [6, 6.07) is 12.8. The molecular weight excluding hydrogens is 432 g/mol. The number of phenolic OH excluding ortho intramolecular Hbond substituents is 1. The van der Waals surface area contributed by atoms with E-state index in [1.807, 2.05) is 44.2 Å². The Labute approximate surface area is 187 Å². The standard InChI is InChI=1S/C22H22N4O3S2/c1-3-29-16-8-9-17-19(11-16)31-22(24-17)26-20(28)12-30-21-23-13(2)18(25-21)10-14-4-6-15(27)7-5-14/h4-9,11,27H,3,10,12H2,1-2H3,(H,23,25)(H,24,26,28). The lowest BCUT2D eigenvalue weighted by molar-refractivity contribution is -0.113. The number of benzene rings is 2. The van der Waals surface area contributed by atoms with Crippen LogP contribution in [0, 0.1) is 6.92 Å². The average molecular weight is 455 g/mol. The summed E-state index contributed by atoms with van der Waals surface area (Å²) in [6.45, 7) is 4.51. The van der Waals surface area contributed by atoms with Crippen molar-refractivity contribution in [3.05, 3.63) is 59.4 Å². The van der Waals surface area contributed by atoms with Crippen molar-refractivity contribution in [2.24, 2.45) is 0 Å². The fourth-order valence-corrected chi connectivity index (χ4v) is 4.67. The number of nitrogens with one attached hydrogen (secondary N) is 2. The average Bonchev–Trinajstić information content (AvgIpc) is 3.30. The Morgan fingerprint density at radius 2 is 2.03 bits per heavy atom. The largest absolute Gasteiger partial charge is 0.508 e. The number of thioether (sulfide) groups is 1. The lowest BCUT2D eigenvalue weighted by atomic mass is 10.1. The molecular formula is C22H22N4O3S2. The summed E-state index contributed by atoms with van der Waals surface area (Å²) in [7, 11) is 0. The first-order valence-electron chi connectivity index (χ1n) is 9.79.